The molecule has 0 saturated carbocycles. The lowest BCUT2D eigenvalue weighted by Crippen LogP contribution is -2.18. The largest absolute Gasteiger partial charge is 0.496 e. The molecule has 1 aromatic heterocycles. The Balaban J connectivity index is 2.30. The highest BCUT2D eigenvalue weighted by Gasteiger charge is 2.15. The van der Waals surface area contributed by atoms with Gasteiger partial charge in [-0.3, -0.25) is 4.79 Å². The second kappa shape index (κ2) is 7.38. The van der Waals surface area contributed by atoms with E-state index in [0.717, 1.165) is 14.7 Å². The van der Waals surface area contributed by atoms with Gasteiger partial charge in [-0.15, -0.1) is 0 Å². The molecule has 0 aliphatic rings. The number of nitrogens with one attached hydrogen (secondary N) is 2. The van der Waals surface area contributed by atoms with Crippen LogP contribution >= 0.6 is 23.1 Å². The Labute approximate surface area is 143 Å². The molecule has 23 heavy (non-hydrogen) atoms. The number of anilines is 1. The van der Waals surface area contributed by atoms with Crippen LogP contribution in [-0.2, 0) is 0 Å². The van der Waals surface area contributed by atoms with Crippen molar-refractivity contribution in [1.82, 2.24) is 10.3 Å². The Morgan fingerprint density at radius 3 is 2.83 bits per heavy atom. The molecular weight excluding hydrogens is 332 g/mol. The molecule has 1 heterocycles. The quantitative estimate of drug-likeness (QED) is 0.742. The molecule has 8 heteroatoms. The molecule has 2 rings (SSSR count). The zero-order valence-corrected chi connectivity index (χ0v) is 14.7. The summed E-state index contributed by atoms with van der Waals surface area (Å²) in [4.78, 5) is 17.2. The molecule has 0 unspecified atom stereocenters. The second-order valence-electron chi connectivity index (χ2n) is 4.63. The number of carbonyl (C=O) groups excluding carboxylic acids is 1. The average Bonchev–Trinajstić information content (AvgIpc) is 2.94. The third-order valence-corrected chi connectivity index (χ3v) is 5.11. The number of amides is 1. The monoisotopic (exact) mass is 350 g/mol. The van der Waals surface area contributed by atoms with E-state index in [1.807, 2.05) is 19.1 Å². The first-order chi connectivity index (χ1) is 10.9. The number of methoxy groups -OCH3 is 1. The van der Waals surface area contributed by atoms with Crippen LogP contribution in [0.2, 0.25) is 0 Å². The summed E-state index contributed by atoms with van der Waals surface area (Å²) in [5.41, 5.74) is 7.03. The Morgan fingerprint density at radius 2 is 2.22 bits per heavy atom. The first kappa shape index (κ1) is 17.2. The fourth-order valence-corrected chi connectivity index (χ4v) is 3.84. The second-order valence-corrected chi connectivity index (χ2v) is 7.01. The normalized spacial score (nSPS) is 10.2. The van der Waals surface area contributed by atoms with Crippen LogP contribution in [0.5, 0.6) is 5.75 Å². The minimum atomic E-state index is -0.185. The van der Waals surface area contributed by atoms with Crippen molar-refractivity contribution in [3.63, 3.8) is 0 Å². The molecule has 0 saturated heterocycles. The number of nitrogens with zero attached hydrogens (tertiary/aromatic N) is 1. The molecule has 1 aromatic carbocycles. The number of aromatic nitrogens is 1. The summed E-state index contributed by atoms with van der Waals surface area (Å²) in [6.07, 6.45) is 1.75. The van der Waals surface area contributed by atoms with Crippen molar-refractivity contribution >= 4 is 34.1 Å². The van der Waals surface area contributed by atoms with Gasteiger partial charge in [-0.25, -0.2) is 4.98 Å². The third-order valence-electron chi connectivity index (χ3n) is 2.93. The summed E-state index contributed by atoms with van der Waals surface area (Å²) in [7, 11) is 3.14. The number of rotatable bonds is 6. The van der Waals surface area contributed by atoms with Gasteiger partial charge in [-0.05, 0) is 24.6 Å². The Bertz CT molecular complexity index is 743. The molecule has 122 valence electrons. The topological polar surface area (TPSA) is 89.3 Å². The van der Waals surface area contributed by atoms with Crippen molar-refractivity contribution < 1.29 is 9.53 Å². The molecule has 0 aliphatic heterocycles. The Hall–Kier alpha value is -2.19. The average molecular weight is 350 g/mol. The molecule has 0 aliphatic carbocycles. The van der Waals surface area contributed by atoms with Crippen molar-refractivity contribution in [3.05, 3.63) is 41.9 Å². The van der Waals surface area contributed by atoms with Gasteiger partial charge in [0.05, 0.1) is 28.9 Å². The van der Waals surface area contributed by atoms with Crippen molar-refractivity contribution in [2.45, 2.75) is 16.0 Å². The predicted molar refractivity (Wildman–Crippen MR) is 94.3 cm³/mol. The fourth-order valence-electron chi connectivity index (χ4n) is 1.86. The number of benzene rings is 1. The number of thiazole rings is 1. The van der Waals surface area contributed by atoms with Crippen LogP contribution in [0.4, 0.5) is 5.13 Å². The van der Waals surface area contributed by atoms with Gasteiger partial charge in [0.2, 0.25) is 0 Å². The lowest BCUT2D eigenvalue weighted by molar-refractivity contribution is 0.0960. The summed E-state index contributed by atoms with van der Waals surface area (Å²) in [6, 6.07) is 3.68. The molecule has 0 atom stereocenters. The summed E-state index contributed by atoms with van der Waals surface area (Å²) in [5.74, 6) is 0.713. The van der Waals surface area contributed by atoms with Crippen LogP contribution in [0, 0.1) is 6.92 Å². The third kappa shape index (κ3) is 4.17. The zero-order chi connectivity index (χ0) is 17.0. The number of hydrogen-bond donors (Lipinski definition) is 3. The summed E-state index contributed by atoms with van der Waals surface area (Å²) in [5, 5.41) is 6.17. The van der Waals surface area contributed by atoms with E-state index in [9.17, 15) is 4.79 Å². The molecule has 0 fully saturated rings. The van der Waals surface area contributed by atoms with E-state index in [2.05, 4.69) is 22.2 Å². The maximum Gasteiger partial charge on any atom is 0.254 e. The van der Waals surface area contributed by atoms with Gasteiger partial charge in [0.1, 0.15) is 5.75 Å². The van der Waals surface area contributed by atoms with E-state index >= 15 is 0 Å². The summed E-state index contributed by atoms with van der Waals surface area (Å²) >= 11 is 3.00. The minimum Gasteiger partial charge on any atom is -0.496 e. The van der Waals surface area contributed by atoms with E-state index in [4.69, 9.17) is 10.5 Å². The first-order valence-electron chi connectivity index (χ1n) is 6.70. The molecule has 4 N–H and O–H groups in total. The maximum absolute atomic E-state index is 12.0. The number of hydrogen-bond acceptors (Lipinski definition) is 7. The lowest BCUT2D eigenvalue weighted by atomic mass is 10.1. The maximum atomic E-state index is 12.0. The van der Waals surface area contributed by atoms with Gasteiger partial charge in [-0.1, -0.05) is 29.7 Å². The van der Waals surface area contributed by atoms with Crippen molar-refractivity contribution in [3.8, 4) is 5.75 Å². The first-order valence-corrected chi connectivity index (χ1v) is 8.33. The van der Waals surface area contributed by atoms with Gasteiger partial charge in [0, 0.05) is 11.9 Å². The molecule has 6 nitrogen and oxygen atoms in total. The highest BCUT2D eigenvalue weighted by Crippen LogP contribution is 2.38. The molecule has 0 radical (unpaired) electrons. The number of ether oxygens (including phenoxy) is 1. The van der Waals surface area contributed by atoms with Crippen LogP contribution in [0.25, 0.3) is 0 Å². The summed E-state index contributed by atoms with van der Waals surface area (Å²) in [6.45, 7) is 5.56. The SMILES string of the molecule is C=C(N)Nc1ncc(Sc2cc(C(=O)NC)c(OC)cc2C)s1. The van der Waals surface area contributed by atoms with Crippen molar-refractivity contribution in [2.75, 3.05) is 19.5 Å². The molecule has 2 aromatic rings. The van der Waals surface area contributed by atoms with E-state index in [1.165, 1.54) is 23.1 Å². The zero-order valence-electron chi connectivity index (χ0n) is 13.1. The highest BCUT2D eigenvalue weighted by molar-refractivity contribution is 8.01. The van der Waals surface area contributed by atoms with Crippen LogP contribution in [-0.4, -0.2) is 25.0 Å². The van der Waals surface area contributed by atoms with Crippen LogP contribution in [0.1, 0.15) is 15.9 Å². The Kier molecular flexibility index (Phi) is 5.51. The van der Waals surface area contributed by atoms with E-state index < -0.39 is 0 Å². The number of nitrogens with two attached hydrogens (primary N) is 1. The van der Waals surface area contributed by atoms with Crippen LogP contribution in [0.15, 0.2) is 39.8 Å². The smallest absolute Gasteiger partial charge is 0.254 e. The van der Waals surface area contributed by atoms with Crippen LogP contribution < -0.4 is 21.1 Å². The van der Waals surface area contributed by atoms with Gasteiger partial charge >= 0.3 is 0 Å². The van der Waals surface area contributed by atoms with Gasteiger partial charge in [0.25, 0.3) is 5.91 Å². The molecule has 0 bridgehead atoms. The highest BCUT2D eigenvalue weighted by atomic mass is 32.2. The molecule has 1 amide bonds. The van der Waals surface area contributed by atoms with E-state index in [1.54, 1.807) is 20.4 Å². The van der Waals surface area contributed by atoms with Gasteiger partial charge in [-0.2, -0.15) is 0 Å². The fraction of sp³-hybridized carbons (Fsp3) is 0.200. The number of carbonyl (C=O) groups is 1. The molecular formula is C15H18N4O2S2. The van der Waals surface area contributed by atoms with Gasteiger partial charge in [0.15, 0.2) is 5.13 Å². The van der Waals surface area contributed by atoms with E-state index in [0.29, 0.717) is 22.3 Å². The van der Waals surface area contributed by atoms with Crippen LogP contribution in [0.3, 0.4) is 0 Å². The van der Waals surface area contributed by atoms with Crippen molar-refractivity contribution in [1.29, 1.82) is 0 Å². The Morgan fingerprint density at radius 1 is 1.48 bits per heavy atom. The standard InChI is InChI=1S/C15H18N4O2S2/c1-8-5-11(21-4)10(14(20)17-3)6-12(8)22-13-7-18-15(23-13)19-9(2)16/h5-7H,2,16H2,1,3-4H3,(H,17,20)(H,18,19). The lowest BCUT2D eigenvalue weighted by Gasteiger charge is -2.12. The predicted octanol–water partition coefficient (Wildman–Crippen LogP) is 2.81. The molecule has 0 spiro atoms. The van der Waals surface area contributed by atoms with Crippen molar-refractivity contribution in [2.24, 2.45) is 5.73 Å². The van der Waals surface area contributed by atoms with Gasteiger partial charge < -0.3 is 21.1 Å². The minimum absolute atomic E-state index is 0.185. The summed E-state index contributed by atoms with van der Waals surface area (Å²) < 4.78 is 6.27. The number of aryl methyl sites for hydroxylation is 1. The van der Waals surface area contributed by atoms with E-state index in [-0.39, 0.29) is 5.91 Å².